The van der Waals surface area contributed by atoms with Gasteiger partial charge in [-0.25, -0.2) is 4.42 Å². The largest absolute Gasteiger partial charge is 0.360 e. The average molecular weight is 159 g/mol. The number of hydrogen-bond acceptors (Lipinski definition) is 0. The predicted octanol–water partition coefficient (Wildman–Crippen LogP) is 3.33. The summed E-state index contributed by atoms with van der Waals surface area (Å²) in [6.07, 6.45) is 0. The maximum atomic E-state index is 5.54. The Labute approximate surface area is 71.6 Å². The quantitative estimate of drug-likeness (QED) is 0.536. The molecule has 0 aliphatic carbocycles. The minimum Gasteiger partial charge on any atom is -0.213 e. The highest BCUT2D eigenvalue weighted by Gasteiger charge is 2.09. The first-order valence-corrected chi connectivity index (χ1v) is 4.06. The summed E-state index contributed by atoms with van der Waals surface area (Å²) >= 11 is 0. The van der Waals surface area contributed by atoms with E-state index in [1.54, 1.807) is 0 Å². The zero-order valence-corrected chi connectivity index (χ0v) is 7.29. The lowest BCUT2D eigenvalue weighted by atomic mass is 10.1. The maximum Gasteiger partial charge on any atom is 0.360 e. The third kappa shape index (κ3) is 1.07. The monoisotopic (exact) mass is 159 g/mol. The van der Waals surface area contributed by atoms with Gasteiger partial charge in [0.2, 0.25) is 0 Å². The fraction of sp³-hybridized carbons (Fsp3) is 0.182. The molecule has 60 valence electrons. The number of benzene rings is 1. The van der Waals surface area contributed by atoms with E-state index in [4.69, 9.17) is 4.42 Å². The third-order valence-electron chi connectivity index (χ3n) is 2.00. The van der Waals surface area contributed by atoms with Crippen LogP contribution in [0.3, 0.4) is 0 Å². The second kappa shape index (κ2) is 2.59. The molecule has 0 fully saturated rings. The van der Waals surface area contributed by atoms with Gasteiger partial charge in [-0.1, -0.05) is 12.1 Å². The molecule has 2 aromatic rings. The van der Waals surface area contributed by atoms with Gasteiger partial charge < -0.3 is 0 Å². The van der Waals surface area contributed by atoms with E-state index in [0.29, 0.717) is 0 Å². The molecule has 0 N–H and O–H groups in total. The molecular formula is C11H11O+. The fourth-order valence-corrected chi connectivity index (χ4v) is 1.47. The van der Waals surface area contributed by atoms with Gasteiger partial charge in [0.25, 0.3) is 0 Å². The van der Waals surface area contributed by atoms with Gasteiger partial charge in [0.05, 0.1) is 12.3 Å². The van der Waals surface area contributed by atoms with Crippen molar-refractivity contribution in [2.75, 3.05) is 0 Å². The molecule has 1 aromatic carbocycles. The van der Waals surface area contributed by atoms with Crippen molar-refractivity contribution < 1.29 is 4.42 Å². The first-order valence-electron chi connectivity index (χ1n) is 4.06. The van der Waals surface area contributed by atoms with Crippen molar-refractivity contribution in [1.29, 1.82) is 0 Å². The predicted molar refractivity (Wildman–Crippen MR) is 50.1 cm³/mol. The van der Waals surface area contributed by atoms with Gasteiger partial charge >= 0.3 is 11.3 Å². The second-order valence-corrected chi connectivity index (χ2v) is 3.04. The van der Waals surface area contributed by atoms with E-state index < -0.39 is 0 Å². The summed E-state index contributed by atoms with van der Waals surface area (Å²) in [5.74, 6) is 0.964. The van der Waals surface area contributed by atoms with Crippen molar-refractivity contribution in [3.63, 3.8) is 0 Å². The maximum absolute atomic E-state index is 5.54. The molecule has 0 saturated heterocycles. The lowest BCUT2D eigenvalue weighted by molar-refractivity contribution is 0.565. The normalized spacial score (nSPS) is 10.5. The van der Waals surface area contributed by atoms with Crippen LogP contribution >= 0.6 is 0 Å². The minimum atomic E-state index is 0.964. The van der Waals surface area contributed by atoms with Gasteiger partial charge in [-0.15, -0.1) is 0 Å². The molecule has 2 rings (SSSR count). The SMILES string of the molecule is Cc1cc(C)c2ccccc2[o+]1. The van der Waals surface area contributed by atoms with Crippen LogP contribution in [0.15, 0.2) is 34.7 Å². The molecule has 0 spiro atoms. The smallest absolute Gasteiger partial charge is 0.213 e. The zero-order chi connectivity index (χ0) is 8.55. The molecule has 0 amide bonds. The summed E-state index contributed by atoms with van der Waals surface area (Å²) in [6, 6.07) is 10.1. The van der Waals surface area contributed by atoms with Crippen molar-refractivity contribution >= 4 is 11.0 Å². The van der Waals surface area contributed by atoms with E-state index in [0.717, 1.165) is 11.3 Å². The number of aryl methyl sites for hydroxylation is 2. The molecule has 0 saturated carbocycles. The van der Waals surface area contributed by atoms with E-state index in [-0.39, 0.29) is 0 Å². The standard InChI is InChI=1S/C11H11O/c1-8-7-9(2)12-11-6-4-3-5-10(8)11/h3-7H,1-2H3/q+1. The van der Waals surface area contributed by atoms with Crippen LogP contribution in [0.25, 0.3) is 11.0 Å². The third-order valence-corrected chi connectivity index (χ3v) is 2.00. The molecule has 0 atom stereocenters. The average Bonchev–Trinajstić information content (AvgIpc) is 2.04. The van der Waals surface area contributed by atoms with Crippen LogP contribution < -0.4 is 0 Å². The topological polar surface area (TPSA) is 11.3 Å². The Morgan fingerprint density at radius 2 is 1.83 bits per heavy atom. The van der Waals surface area contributed by atoms with Crippen LogP contribution in [-0.2, 0) is 0 Å². The van der Waals surface area contributed by atoms with E-state index in [9.17, 15) is 0 Å². The van der Waals surface area contributed by atoms with Crippen molar-refractivity contribution in [3.8, 4) is 0 Å². The van der Waals surface area contributed by atoms with Crippen molar-refractivity contribution in [3.05, 3.63) is 41.7 Å². The van der Waals surface area contributed by atoms with Gasteiger partial charge in [-0.05, 0) is 18.6 Å². The number of rotatable bonds is 0. The summed E-state index contributed by atoms with van der Waals surface area (Å²) < 4.78 is 5.54. The molecule has 0 aliphatic heterocycles. The van der Waals surface area contributed by atoms with E-state index in [1.807, 2.05) is 25.1 Å². The summed E-state index contributed by atoms with van der Waals surface area (Å²) in [5, 5.41) is 1.20. The lowest BCUT2D eigenvalue weighted by Gasteiger charge is -1.92. The van der Waals surface area contributed by atoms with Crippen molar-refractivity contribution in [1.82, 2.24) is 0 Å². The van der Waals surface area contributed by atoms with Crippen LogP contribution in [0.2, 0.25) is 0 Å². The Hall–Kier alpha value is -1.37. The van der Waals surface area contributed by atoms with E-state index >= 15 is 0 Å². The van der Waals surface area contributed by atoms with Crippen LogP contribution in [0.4, 0.5) is 0 Å². The van der Waals surface area contributed by atoms with Crippen molar-refractivity contribution in [2.45, 2.75) is 13.8 Å². The van der Waals surface area contributed by atoms with Gasteiger partial charge in [0, 0.05) is 12.1 Å². The Bertz CT molecular complexity index is 418. The molecule has 1 nitrogen and oxygen atoms in total. The summed E-state index contributed by atoms with van der Waals surface area (Å²) in [4.78, 5) is 0. The van der Waals surface area contributed by atoms with Crippen LogP contribution in [0.5, 0.6) is 0 Å². The number of hydrogen-bond donors (Lipinski definition) is 0. The molecule has 0 unspecified atom stereocenters. The zero-order valence-electron chi connectivity index (χ0n) is 7.29. The molecule has 0 bridgehead atoms. The Morgan fingerprint density at radius 3 is 2.67 bits per heavy atom. The minimum absolute atomic E-state index is 0.964. The highest BCUT2D eigenvalue weighted by molar-refractivity contribution is 5.79. The van der Waals surface area contributed by atoms with Gasteiger partial charge in [-0.3, -0.25) is 0 Å². The summed E-state index contributed by atoms with van der Waals surface area (Å²) in [7, 11) is 0. The Morgan fingerprint density at radius 1 is 1.08 bits per heavy atom. The number of para-hydroxylation sites is 1. The second-order valence-electron chi connectivity index (χ2n) is 3.04. The first-order chi connectivity index (χ1) is 5.77. The summed E-state index contributed by atoms with van der Waals surface area (Å²) in [5.41, 5.74) is 2.24. The van der Waals surface area contributed by atoms with Crippen LogP contribution in [0, 0.1) is 13.8 Å². The molecule has 0 radical (unpaired) electrons. The molecular weight excluding hydrogens is 148 g/mol. The van der Waals surface area contributed by atoms with Gasteiger partial charge in [0.15, 0.2) is 0 Å². The number of fused-ring (bicyclic) bond motifs is 1. The molecule has 1 aromatic heterocycles. The van der Waals surface area contributed by atoms with E-state index in [2.05, 4.69) is 19.1 Å². The van der Waals surface area contributed by atoms with Gasteiger partial charge in [0.1, 0.15) is 0 Å². The Balaban J connectivity index is 2.89. The molecule has 0 aliphatic rings. The highest BCUT2D eigenvalue weighted by atomic mass is 16.3. The fourth-order valence-electron chi connectivity index (χ4n) is 1.47. The molecule has 1 heteroatoms. The molecule has 12 heavy (non-hydrogen) atoms. The van der Waals surface area contributed by atoms with Crippen LogP contribution in [-0.4, -0.2) is 0 Å². The van der Waals surface area contributed by atoms with E-state index in [1.165, 1.54) is 10.9 Å². The van der Waals surface area contributed by atoms with Crippen molar-refractivity contribution in [2.24, 2.45) is 0 Å². The highest BCUT2D eigenvalue weighted by Crippen LogP contribution is 2.19. The lowest BCUT2D eigenvalue weighted by Crippen LogP contribution is -1.80. The van der Waals surface area contributed by atoms with Gasteiger partial charge in [-0.2, -0.15) is 0 Å². The van der Waals surface area contributed by atoms with Crippen LogP contribution in [0.1, 0.15) is 11.3 Å². The summed E-state index contributed by atoms with van der Waals surface area (Å²) in [6.45, 7) is 4.07. The molecule has 1 heterocycles. The first kappa shape index (κ1) is 7.29. The Kier molecular flexibility index (Phi) is 1.58.